The number of pyridine rings is 1. The van der Waals surface area contributed by atoms with Gasteiger partial charge in [-0.3, -0.25) is 9.78 Å². The monoisotopic (exact) mass is 277 g/mol. The van der Waals surface area contributed by atoms with Gasteiger partial charge < -0.3 is 0 Å². The molecule has 0 N–H and O–H groups in total. The van der Waals surface area contributed by atoms with E-state index in [1.807, 2.05) is 0 Å². The van der Waals surface area contributed by atoms with Crippen LogP contribution in [0, 0.1) is 0 Å². The third-order valence-electron chi connectivity index (χ3n) is 2.60. The highest BCUT2D eigenvalue weighted by atomic mass is 19.4. The van der Waals surface area contributed by atoms with Crippen LogP contribution in [0.1, 0.15) is 11.1 Å². The Morgan fingerprint density at radius 1 is 1.00 bits per heavy atom. The number of carbonyl (C=O) groups excluding carboxylic acids is 1. The Hall–Kier alpha value is -2.43. The number of carbonyl (C=O) groups is 1. The summed E-state index contributed by atoms with van der Waals surface area (Å²) in [5.74, 6) is -1.86. The largest absolute Gasteiger partial charge is 0.454 e. The average molecular weight is 277 g/mol. The van der Waals surface area contributed by atoms with Gasteiger partial charge in [0.25, 0.3) is 5.78 Å². The summed E-state index contributed by atoms with van der Waals surface area (Å²) >= 11 is 0. The molecule has 1 aromatic heterocycles. The molecular formula is C15H10F3NO. The van der Waals surface area contributed by atoms with E-state index in [0.29, 0.717) is 5.56 Å². The first-order valence-electron chi connectivity index (χ1n) is 5.77. The van der Waals surface area contributed by atoms with E-state index in [2.05, 4.69) is 4.98 Å². The predicted octanol–water partition coefficient (Wildman–Crippen LogP) is 3.75. The van der Waals surface area contributed by atoms with Gasteiger partial charge in [-0.15, -0.1) is 0 Å². The van der Waals surface area contributed by atoms with Gasteiger partial charge in [-0.1, -0.05) is 30.3 Å². The molecule has 0 saturated heterocycles. The van der Waals surface area contributed by atoms with Crippen LogP contribution in [0.2, 0.25) is 0 Å². The molecule has 0 aliphatic carbocycles. The molecule has 0 aliphatic heterocycles. The minimum Gasteiger partial charge on any atom is -0.284 e. The zero-order valence-electron chi connectivity index (χ0n) is 10.3. The molecule has 2 aromatic rings. The van der Waals surface area contributed by atoms with Gasteiger partial charge in [-0.25, -0.2) is 0 Å². The molecule has 0 atom stereocenters. The second kappa shape index (κ2) is 5.69. The molecule has 0 aliphatic rings. The fourth-order valence-corrected chi connectivity index (χ4v) is 1.68. The van der Waals surface area contributed by atoms with Crippen molar-refractivity contribution in [2.45, 2.75) is 6.18 Å². The Labute approximate surface area is 113 Å². The third-order valence-corrected chi connectivity index (χ3v) is 2.60. The van der Waals surface area contributed by atoms with Crippen LogP contribution in [0.15, 0.2) is 54.9 Å². The third kappa shape index (κ3) is 3.32. The molecule has 5 heteroatoms. The number of alkyl halides is 3. The minimum atomic E-state index is -4.91. The van der Waals surface area contributed by atoms with E-state index in [1.165, 1.54) is 42.7 Å². The Morgan fingerprint density at radius 2 is 1.60 bits per heavy atom. The Kier molecular flexibility index (Phi) is 3.98. The number of nitrogens with zero attached hydrogens (tertiary/aromatic N) is 1. The van der Waals surface area contributed by atoms with Crippen LogP contribution in [0.3, 0.4) is 0 Å². The fraction of sp³-hybridized carbons (Fsp3) is 0.0667. The van der Waals surface area contributed by atoms with Crippen LogP contribution >= 0.6 is 0 Å². The smallest absolute Gasteiger partial charge is 0.284 e. The first-order chi connectivity index (χ1) is 9.48. The van der Waals surface area contributed by atoms with Crippen LogP contribution in [0.25, 0.3) is 11.6 Å². The fourth-order valence-electron chi connectivity index (χ4n) is 1.68. The molecule has 0 amide bonds. The van der Waals surface area contributed by atoms with Crippen LogP contribution in [0.5, 0.6) is 0 Å². The van der Waals surface area contributed by atoms with E-state index in [0.717, 1.165) is 0 Å². The number of hydrogen-bond donors (Lipinski definition) is 0. The quantitative estimate of drug-likeness (QED) is 0.800. The normalized spacial score (nSPS) is 12.2. The lowest BCUT2D eigenvalue weighted by atomic mass is 9.99. The van der Waals surface area contributed by atoms with Crippen molar-refractivity contribution >= 4 is 17.4 Å². The maximum Gasteiger partial charge on any atom is 0.454 e. The van der Waals surface area contributed by atoms with E-state index in [-0.39, 0.29) is 11.1 Å². The van der Waals surface area contributed by atoms with E-state index in [4.69, 9.17) is 0 Å². The van der Waals surface area contributed by atoms with Crippen molar-refractivity contribution in [2.75, 3.05) is 0 Å². The van der Waals surface area contributed by atoms with E-state index < -0.39 is 12.0 Å². The highest BCUT2D eigenvalue weighted by molar-refractivity contribution is 6.27. The maximum atomic E-state index is 12.7. The van der Waals surface area contributed by atoms with Crippen molar-refractivity contribution in [3.63, 3.8) is 0 Å². The molecule has 102 valence electrons. The van der Waals surface area contributed by atoms with Crippen LogP contribution in [-0.4, -0.2) is 16.9 Å². The molecule has 0 radical (unpaired) electrons. The van der Waals surface area contributed by atoms with E-state index in [9.17, 15) is 18.0 Å². The Bertz CT molecular complexity index is 619. The van der Waals surface area contributed by atoms with Crippen molar-refractivity contribution in [3.05, 3.63) is 66.0 Å². The molecule has 20 heavy (non-hydrogen) atoms. The van der Waals surface area contributed by atoms with Gasteiger partial charge in [0.05, 0.1) is 0 Å². The lowest BCUT2D eigenvalue weighted by Gasteiger charge is -2.10. The van der Waals surface area contributed by atoms with E-state index in [1.54, 1.807) is 18.2 Å². The summed E-state index contributed by atoms with van der Waals surface area (Å²) < 4.78 is 38.1. The van der Waals surface area contributed by atoms with Crippen molar-refractivity contribution in [1.82, 2.24) is 4.98 Å². The number of aromatic nitrogens is 1. The second-order valence-electron chi connectivity index (χ2n) is 4.03. The van der Waals surface area contributed by atoms with E-state index >= 15 is 0 Å². The summed E-state index contributed by atoms with van der Waals surface area (Å²) in [6, 6.07) is 10.8. The van der Waals surface area contributed by atoms with Crippen LogP contribution in [0.4, 0.5) is 13.2 Å². The van der Waals surface area contributed by atoms with Gasteiger partial charge in [0.1, 0.15) is 0 Å². The lowest BCUT2D eigenvalue weighted by molar-refractivity contribution is -0.164. The molecule has 1 aromatic carbocycles. The van der Waals surface area contributed by atoms with Gasteiger partial charge in [0, 0.05) is 18.0 Å². The molecule has 1 heterocycles. The van der Waals surface area contributed by atoms with Gasteiger partial charge in [0.15, 0.2) is 0 Å². The van der Waals surface area contributed by atoms with Crippen LogP contribution < -0.4 is 0 Å². The minimum absolute atomic E-state index is 0.228. The number of benzene rings is 1. The topological polar surface area (TPSA) is 30.0 Å². The molecule has 0 unspecified atom stereocenters. The first kappa shape index (κ1) is 14.0. The number of halogens is 3. The standard InChI is InChI=1S/C15H10F3NO/c16-15(17,18)14(20)13(12-4-2-1-3-5-12)10-11-6-8-19-9-7-11/h1-10H. The molecule has 0 bridgehead atoms. The average Bonchev–Trinajstić information content (AvgIpc) is 2.45. The van der Waals surface area contributed by atoms with Crippen molar-refractivity contribution in [2.24, 2.45) is 0 Å². The van der Waals surface area contributed by atoms with Crippen LogP contribution in [-0.2, 0) is 4.79 Å². The highest BCUT2D eigenvalue weighted by Crippen LogP contribution is 2.28. The Morgan fingerprint density at radius 3 is 2.15 bits per heavy atom. The molecular weight excluding hydrogens is 267 g/mol. The SMILES string of the molecule is O=C(C(=Cc1ccncc1)c1ccccc1)C(F)(F)F. The maximum absolute atomic E-state index is 12.7. The molecule has 0 saturated carbocycles. The van der Waals surface area contributed by atoms with Crippen molar-refractivity contribution in [1.29, 1.82) is 0 Å². The summed E-state index contributed by atoms with van der Waals surface area (Å²) in [6.07, 6.45) is -0.791. The molecule has 2 nitrogen and oxygen atoms in total. The zero-order chi connectivity index (χ0) is 14.6. The lowest BCUT2D eigenvalue weighted by Crippen LogP contribution is -2.23. The van der Waals surface area contributed by atoms with Crippen molar-refractivity contribution in [3.8, 4) is 0 Å². The van der Waals surface area contributed by atoms with Crippen molar-refractivity contribution < 1.29 is 18.0 Å². The summed E-state index contributed by atoms with van der Waals surface area (Å²) in [6.45, 7) is 0. The summed E-state index contributed by atoms with van der Waals surface area (Å²) in [7, 11) is 0. The van der Waals surface area contributed by atoms with Gasteiger partial charge in [-0.2, -0.15) is 13.2 Å². The highest BCUT2D eigenvalue weighted by Gasteiger charge is 2.40. The first-order valence-corrected chi connectivity index (χ1v) is 5.77. The number of ketones is 1. The second-order valence-corrected chi connectivity index (χ2v) is 4.03. The summed E-state index contributed by atoms with van der Waals surface area (Å²) in [4.78, 5) is 15.3. The zero-order valence-corrected chi connectivity index (χ0v) is 10.3. The predicted molar refractivity (Wildman–Crippen MR) is 69.6 cm³/mol. The molecule has 2 rings (SSSR count). The van der Waals surface area contributed by atoms with Gasteiger partial charge in [-0.05, 0) is 29.3 Å². The number of hydrogen-bond acceptors (Lipinski definition) is 2. The van der Waals surface area contributed by atoms with Gasteiger partial charge in [0.2, 0.25) is 0 Å². The molecule has 0 spiro atoms. The molecule has 0 fully saturated rings. The van der Waals surface area contributed by atoms with Gasteiger partial charge >= 0.3 is 6.18 Å². The summed E-state index contributed by atoms with van der Waals surface area (Å²) in [5, 5.41) is 0. The number of rotatable bonds is 3. The number of allylic oxidation sites excluding steroid dienone is 1. The number of Topliss-reactive ketones (excluding diaryl/α,β-unsaturated/α-hetero) is 1. The Balaban J connectivity index is 2.51. The summed E-state index contributed by atoms with van der Waals surface area (Å²) in [5.41, 5.74) is 0.326.